The number of hydrogen-bond acceptors (Lipinski definition) is 4. The molecule has 2 aromatic rings. The highest BCUT2D eigenvalue weighted by Crippen LogP contribution is 2.21. The molecule has 6 heteroatoms. The number of carbonyl (C=O) groups excluding carboxylic acids is 1. The summed E-state index contributed by atoms with van der Waals surface area (Å²) in [5.74, 6) is 0.187. The van der Waals surface area contributed by atoms with Crippen molar-refractivity contribution in [2.75, 3.05) is 14.1 Å². The normalized spacial score (nSPS) is 12.2. The van der Waals surface area contributed by atoms with Crippen LogP contribution in [0.2, 0.25) is 0 Å². The first kappa shape index (κ1) is 13.1. The summed E-state index contributed by atoms with van der Waals surface area (Å²) in [6.45, 7) is 1.64. The van der Waals surface area contributed by atoms with E-state index in [2.05, 4.69) is 9.97 Å². The van der Waals surface area contributed by atoms with Crippen molar-refractivity contribution in [2.45, 2.75) is 13.0 Å². The standard InChI is InChI=1S/C13H15N3O3/c1-8(13(18)16(2)3)19-10-6-4-5-9-11(10)12(17)15-7-14-9/h4-8H,1-3H3,(H,14,15,17). The van der Waals surface area contributed by atoms with Gasteiger partial charge in [-0.3, -0.25) is 9.59 Å². The lowest BCUT2D eigenvalue weighted by molar-refractivity contribution is -0.135. The molecule has 1 aromatic carbocycles. The van der Waals surface area contributed by atoms with Crippen LogP contribution in [-0.4, -0.2) is 41.0 Å². The Morgan fingerprint density at radius 2 is 2.16 bits per heavy atom. The van der Waals surface area contributed by atoms with E-state index in [1.165, 1.54) is 11.2 Å². The van der Waals surface area contributed by atoms with Gasteiger partial charge in [-0.15, -0.1) is 0 Å². The highest BCUT2D eigenvalue weighted by atomic mass is 16.5. The number of amides is 1. The Morgan fingerprint density at radius 3 is 2.84 bits per heavy atom. The molecule has 0 fully saturated rings. The van der Waals surface area contributed by atoms with E-state index >= 15 is 0 Å². The van der Waals surface area contributed by atoms with Gasteiger partial charge >= 0.3 is 0 Å². The van der Waals surface area contributed by atoms with Gasteiger partial charge in [0.15, 0.2) is 6.10 Å². The van der Waals surface area contributed by atoms with E-state index < -0.39 is 6.10 Å². The number of nitrogens with zero attached hydrogens (tertiary/aromatic N) is 2. The quantitative estimate of drug-likeness (QED) is 0.885. The largest absolute Gasteiger partial charge is 0.480 e. The summed E-state index contributed by atoms with van der Waals surface area (Å²) in [5.41, 5.74) is 0.246. The van der Waals surface area contributed by atoms with Gasteiger partial charge in [0, 0.05) is 14.1 Å². The van der Waals surface area contributed by atoms with Crippen LogP contribution < -0.4 is 10.3 Å². The number of ether oxygens (including phenoxy) is 1. The molecule has 0 spiro atoms. The van der Waals surface area contributed by atoms with Gasteiger partial charge in [-0.1, -0.05) is 6.07 Å². The summed E-state index contributed by atoms with van der Waals surface area (Å²) in [7, 11) is 3.30. The third-order valence-electron chi connectivity index (χ3n) is 2.72. The van der Waals surface area contributed by atoms with Gasteiger partial charge in [0.25, 0.3) is 11.5 Å². The van der Waals surface area contributed by atoms with Crippen LogP contribution >= 0.6 is 0 Å². The third kappa shape index (κ3) is 2.57. The molecule has 100 valence electrons. The molecule has 6 nitrogen and oxygen atoms in total. The minimum atomic E-state index is -0.666. The van der Waals surface area contributed by atoms with E-state index in [9.17, 15) is 9.59 Å². The zero-order valence-electron chi connectivity index (χ0n) is 11.0. The van der Waals surface area contributed by atoms with Gasteiger partial charge < -0.3 is 14.6 Å². The SMILES string of the molecule is CC(Oc1cccc2nc[nH]c(=O)c12)C(=O)N(C)C. The maximum Gasteiger partial charge on any atom is 0.262 e. The number of carbonyl (C=O) groups is 1. The summed E-state index contributed by atoms with van der Waals surface area (Å²) in [6, 6.07) is 5.10. The molecule has 2 rings (SSSR count). The second-order valence-corrected chi connectivity index (χ2v) is 4.37. The second-order valence-electron chi connectivity index (χ2n) is 4.37. The van der Waals surface area contributed by atoms with Crippen molar-refractivity contribution in [1.82, 2.24) is 14.9 Å². The molecule has 19 heavy (non-hydrogen) atoms. The first-order chi connectivity index (χ1) is 9.00. The van der Waals surface area contributed by atoms with Gasteiger partial charge in [-0.25, -0.2) is 4.98 Å². The first-order valence-electron chi connectivity index (χ1n) is 5.85. The average molecular weight is 261 g/mol. The van der Waals surface area contributed by atoms with Crippen molar-refractivity contribution in [1.29, 1.82) is 0 Å². The van der Waals surface area contributed by atoms with Crippen molar-refractivity contribution in [3.05, 3.63) is 34.9 Å². The number of nitrogens with one attached hydrogen (secondary N) is 1. The monoisotopic (exact) mass is 261 g/mol. The minimum Gasteiger partial charge on any atom is -0.480 e. The van der Waals surface area contributed by atoms with Crippen LogP contribution in [0.5, 0.6) is 5.75 Å². The van der Waals surface area contributed by atoms with Crippen LogP contribution in [0, 0.1) is 0 Å². The van der Waals surface area contributed by atoms with Crippen molar-refractivity contribution < 1.29 is 9.53 Å². The molecule has 1 N–H and O–H groups in total. The topological polar surface area (TPSA) is 75.3 Å². The smallest absolute Gasteiger partial charge is 0.262 e. The first-order valence-corrected chi connectivity index (χ1v) is 5.85. The molecule has 0 radical (unpaired) electrons. The Balaban J connectivity index is 2.41. The van der Waals surface area contributed by atoms with Crippen LogP contribution in [0.3, 0.4) is 0 Å². The maximum absolute atomic E-state index is 11.8. The molecule has 1 unspecified atom stereocenters. The molecule has 1 atom stereocenters. The van der Waals surface area contributed by atoms with Gasteiger partial charge in [-0.05, 0) is 19.1 Å². The second kappa shape index (κ2) is 5.09. The van der Waals surface area contributed by atoms with Crippen LogP contribution in [0.25, 0.3) is 10.9 Å². The Morgan fingerprint density at radius 1 is 1.42 bits per heavy atom. The number of H-pyrrole nitrogens is 1. The molecule has 1 heterocycles. The van der Waals surface area contributed by atoms with E-state index in [-0.39, 0.29) is 11.5 Å². The van der Waals surface area contributed by atoms with Gasteiger partial charge in [0.2, 0.25) is 0 Å². The fraction of sp³-hybridized carbons (Fsp3) is 0.308. The summed E-state index contributed by atoms with van der Waals surface area (Å²) in [6.07, 6.45) is 0.670. The van der Waals surface area contributed by atoms with Crippen molar-refractivity contribution in [2.24, 2.45) is 0 Å². The van der Waals surface area contributed by atoms with Gasteiger partial charge in [0.05, 0.1) is 11.8 Å². The molecular weight excluding hydrogens is 246 g/mol. The highest BCUT2D eigenvalue weighted by molar-refractivity contribution is 5.85. The van der Waals surface area contributed by atoms with Gasteiger partial charge in [0.1, 0.15) is 11.1 Å². The zero-order chi connectivity index (χ0) is 14.0. The fourth-order valence-corrected chi connectivity index (χ4v) is 1.79. The summed E-state index contributed by atoms with van der Waals surface area (Å²) >= 11 is 0. The molecule has 0 bridgehead atoms. The van der Waals surface area contributed by atoms with E-state index in [0.717, 1.165) is 0 Å². The molecule has 0 saturated heterocycles. The fourth-order valence-electron chi connectivity index (χ4n) is 1.79. The Labute approximate surface area is 110 Å². The predicted molar refractivity (Wildman–Crippen MR) is 71.1 cm³/mol. The van der Waals surface area contributed by atoms with E-state index in [1.54, 1.807) is 39.2 Å². The molecule has 0 aliphatic heterocycles. The number of rotatable bonds is 3. The zero-order valence-corrected chi connectivity index (χ0v) is 11.0. The number of likely N-dealkylation sites (N-methyl/N-ethyl adjacent to an activating group) is 1. The molecular formula is C13H15N3O3. The van der Waals surface area contributed by atoms with E-state index in [0.29, 0.717) is 16.7 Å². The number of fused-ring (bicyclic) bond motifs is 1. The Bertz CT molecular complexity index is 658. The van der Waals surface area contributed by atoms with Crippen LogP contribution in [0.15, 0.2) is 29.3 Å². The van der Waals surface area contributed by atoms with Crippen molar-refractivity contribution in [3.8, 4) is 5.75 Å². The Hall–Kier alpha value is -2.37. The van der Waals surface area contributed by atoms with Crippen LogP contribution in [0.1, 0.15) is 6.92 Å². The Kier molecular flexibility index (Phi) is 3.50. The molecule has 0 aliphatic rings. The lowest BCUT2D eigenvalue weighted by atomic mass is 10.2. The number of hydrogen-bond donors (Lipinski definition) is 1. The van der Waals surface area contributed by atoms with Crippen LogP contribution in [-0.2, 0) is 4.79 Å². The molecule has 0 saturated carbocycles. The molecule has 1 aromatic heterocycles. The summed E-state index contributed by atoms with van der Waals surface area (Å²) < 4.78 is 5.58. The van der Waals surface area contributed by atoms with Crippen molar-refractivity contribution >= 4 is 16.8 Å². The summed E-state index contributed by atoms with van der Waals surface area (Å²) in [4.78, 5) is 31.6. The summed E-state index contributed by atoms with van der Waals surface area (Å²) in [5, 5.41) is 0.350. The van der Waals surface area contributed by atoms with E-state index in [1.807, 2.05) is 0 Å². The number of aromatic nitrogens is 2. The predicted octanol–water partition coefficient (Wildman–Crippen LogP) is 0.779. The van der Waals surface area contributed by atoms with E-state index in [4.69, 9.17) is 4.74 Å². The highest BCUT2D eigenvalue weighted by Gasteiger charge is 2.18. The van der Waals surface area contributed by atoms with Gasteiger partial charge in [-0.2, -0.15) is 0 Å². The number of benzene rings is 1. The maximum atomic E-state index is 11.8. The third-order valence-corrected chi connectivity index (χ3v) is 2.72. The molecule has 0 aliphatic carbocycles. The lowest BCUT2D eigenvalue weighted by Gasteiger charge is -2.18. The van der Waals surface area contributed by atoms with Crippen LogP contribution in [0.4, 0.5) is 0 Å². The average Bonchev–Trinajstić information content (AvgIpc) is 2.38. The van der Waals surface area contributed by atoms with Crippen molar-refractivity contribution in [3.63, 3.8) is 0 Å². The number of aromatic amines is 1. The minimum absolute atomic E-state index is 0.169. The lowest BCUT2D eigenvalue weighted by Crippen LogP contribution is -2.35. The molecule has 1 amide bonds.